The molecule has 1 aromatic rings. The van der Waals surface area contributed by atoms with Gasteiger partial charge in [-0.3, -0.25) is 16.0 Å². The zero-order chi connectivity index (χ0) is 15.4. The Balaban J connectivity index is 2.38. The van der Waals surface area contributed by atoms with E-state index in [4.69, 9.17) is 10.6 Å². The molecule has 1 aliphatic rings. The molecule has 0 saturated carbocycles. The molecule has 3 atom stereocenters. The van der Waals surface area contributed by atoms with Crippen molar-refractivity contribution in [2.24, 2.45) is 5.84 Å². The largest absolute Gasteiger partial charge is 0.493 e. The highest BCUT2D eigenvalue weighted by Crippen LogP contribution is 2.42. The lowest BCUT2D eigenvalue weighted by Gasteiger charge is -2.36. The van der Waals surface area contributed by atoms with Crippen LogP contribution in [0.1, 0.15) is 45.0 Å². The number of hydrogen-bond donors (Lipinski definition) is 2. The molecule has 21 heavy (non-hydrogen) atoms. The zero-order valence-electron chi connectivity index (χ0n) is 13.2. The van der Waals surface area contributed by atoms with Crippen molar-refractivity contribution in [3.63, 3.8) is 0 Å². The van der Waals surface area contributed by atoms with E-state index in [0.717, 1.165) is 17.9 Å². The van der Waals surface area contributed by atoms with Gasteiger partial charge in [0.15, 0.2) is 5.75 Å². The summed E-state index contributed by atoms with van der Waals surface area (Å²) in [7, 11) is 1.69. The molecule has 0 aliphatic carbocycles. The lowest BCUT2D eigenvalue weighted by molar-refractivity contribution is 0.379. The lowest BCUT2D eigenvalue weighted by atomic mass is 10.0. The van der Waals surface area contributed by atoms with Gasteiger partial charge < -0.3 is 4.74 Å². The van der Waals surface area contributed by atoms with Crippen LogP contribution in [0.15, 0.2) is 6.20 Å². The summed E-state index contributed by atoms with van der Waals surface area (Å²) >= 11 is 4.06. The fraction of sp³-hybridized carbons (Fsp3) is 0.786. The number of rotatable bonds is 6. The lowest BCUT2D eigenvalue weighted by Crippen LogP contribution is -2.43. The predicted molar refractivity (Wildman–Crippen MR) is 92.0 cm³/mol. The Morgan fingerprint density at radius 2 is 2.19 bits per heavy atom. The fourth-order valence-electron chi connectivity index (χ4n) is 2.80. The second-order valence-corrected chi connectivity index (χ2v) is 8.07. The van der Waals surface area contributed by atoms with Crippen molar-refractivity contribution in [1.29, 1.82) is 0 Å². The molecule has 1 fully saturated rings. The van der Waals surface area contributed by atoms with Crippen LogP contribution in [-0.4, -0.2) is 38.9 Å². The quantitative estimate of drug-likeness (QED) is 0.617. The Hall–Kier alpha value is -0.370. The maximum atomic E-state index is 5.94. The fourth-order valence-corrected chi connectivity index (χ4v) is 6.00. The molecule has 0 aromatic carbocycles. The molecule has 0 bridgehead atoms. The number of nitrogens with one attached hydrogen (secondary N) is 1. The first kappa shape index (κ1) is 17.0. The minimum atomic E-state index is 0.0487. The van der Waals surface area contributed by atoms with Gasteiger partial charge in [0.2, 0.25) is 0 Å². The maximum absolute atomic E-state index is 5.94. The molecule has 1 saturated heterocycles. The number of methoxy groups -OCH3 is 1. The molecule has 0 spiro atoms. The van der Waals surface area contributed by atoms with E-state index in [1.165, 1.54) is 11.5 Å². The molecule has 2 rings (SSSR count). The van der Waals surface area contributed by atoms with E-state index in [9.17, 15) is 0 Å². The van der Waals surface area contributed by atoms with E-state index < -0.39 is 0 Å². The van der Waals surface area contributed by atoms with Crippen LogP contribution in [0.25, 0.3) is 0 Å². The summed E-state index contributed by atoms with van der Waals surface area (Å²) in [6, 6.07) is 0.327. The molecule has 0 radical (unpaired) electrons. The average Bonchev–Trinajstić information content (AvgIpc) is 2.92. The van der Waals surface area contributed by atoms with Crippen LogP contribution in [0.5, 0.6) is 5.75 Å². The first-order valence-corrected chi connectivity index (χ1v) is 9.54. The van der Waals surface area contributed by atoms with Gasteiger partial charge >= 0.3 is 0 Å². The SMILES string of the molecule is CCC1SCCSC1C(NN)c1c(OC)cnn1C(C)C. The Kier molecular flexibility index (Phi) is 6.28. The summed E-state index contributed by atoms with van der Waals surface area (Å²) in [6.45, 7) is 6.51. The normalized spacial score (nSPS) is 24.3. The monoisotopic (exact) mass is 330 g/mol. The van der Waals surface area contributed by atoms with Gasteiger partial charge in [-0.2, -0.15) is 28.6 Å². The zero-order valence-corrected chi connectivity index (χ0v) is 14.8. The van der Waals surface area contributed by atoms with E-state index in [1.807, 2.05) is 16.4 Å². The second kappa shape index (κ2) is 7.76. The predicted octanol–water partition coefficient (Wildman–Crippen LogP) is 2.60. The minimum Gasteiger partial charge on any atom is -0.493 e. The number of hydrogen-bond acceptors (Lipinski definition) is 6. The van der Waals surface area contributed by atoms with Gasteiger partial charge in [0, 0.05) is 28.0 Å². The van der Waals surface area contributed by atoms with E-state index in [0.29, 0.717) is 10.5 Å². The summed E-state index contributed by atoms with van der Waals surface area (Å²) < 4.78 is 7.55. The third kappa shape index (κ3) is 3.52. The van der Waals surface area contributed by atoms with Gasteiger partial charge in [-0.1, -0.05) is 6.92 Å². The third-order valence-electron chi connectivity index (χ3n) is 3.80. The molecule has 3 unspecified atom stereocenters. The molecule has 5 nitrogen and oxygen atoms in total. The Morgan fingerprint density at radius 3 is 2.76 bits per heavy atom. The summed E-state index contributed by atoms with van der Waals surface area (Å²) in [5, 5.41) is 5.52. The van der Waals surface area contributed by atoms with Crippen molar-refractivity contribution in [2.75, 3.05) is 18.6 Å². The number of aromatic nitrogens is 2. The molecule has 3 N–H and O–H groups in total. The molecule has 0 amide bonds. The summed E-state index contributed by atoms with van der Waals surface area (Å²) in [6.07, 6.45) is 2.94. The van der Waals surface area contributed by atoms with Crippen molar-refractivity contribution in [1.82, 2.24) is 15.2 Å². The second-order valence-electron chi connectivity index (χ2n) is 5.43. The van der Waals surface area contributed by atoms with Crippen LogP contribution >= 0.6 is 23.5 Å². The molecule has 1 aliphatic heterocycles. The van der Waals surface area contributed by atoms with Gasteiger partial charge in [0.25, 0.3) is 0 Å². The van der Waals surface area contributed by atoms with Crippen molar-refractivity contribution in [2.45, 2.75) is 49.8 Å². The summed E-state index contributed by atoms with van der Waals surface area (Å²) in [5.74, 6) is 9.14. The highest BCUT2D eigenvalue weighted by molar-refractivity contribution is 8.07. The van der Waals surface area contributed by atoms with E-state index in [2.05, 4.69) is 43.1 Å². The van der Waals surface area contributed by atoms with E-state index in [1.54, 1.807) is 13.3 Å². The number of ether oxygens (including phenoxy) is 1. The van der Waals surface area contributed by atoms with Crippen LogP contribution < -0.4 is 16.0 Å². The van der Waals surface area contributed by atoms with Gasteiger partial charge in [-0.05, 0) is 20.3 Å². The van der Waals surface area contributed by atoms with Crippen molar-refractivity contribution in [3.8, 4) is 5.75 Å². The first-order chi connectivity index (χ1) is 10.1. The Bertz CT molecular complexity index is 452. The van der Waals surface area contributed by atoms with Crippen molar-refractivity contribution < 1.29 is 4.74 Å². The van der Waals surface area contributed by atoms with Gasteiger partial charge in [0.1, 0.15) is 5.69 Å². The maximum Gasteiger partial charge on any atom is 0.161 e. The van der Waals surface area contributed by atoms with E-state index in [-0.39, 0.29) is 12.1 Å². The minimum absolute atomic E-state index is 0.0487. The Morgan fingerprint density at radius 1 is 1.48 bits per heavy atom. The topological polar surface area (TPSA) is 65.1 Å². The molecule has 2 heterocycles. The number of thioether (sulfide) groups is 2. The van der Waals surface area contributed by atoms with Gasteiger partial charge in [-0.25, -0.2) is 0 Å². The third-order valence-corrected chi connectivity index (χ3v) is 7.16. The molecule has 120 valence electrons. The highest BCUT2D eigenvalue weighted by atomic mass is 32.2. The molecular weight excluding hydrogens is 304 g/mol. The van der Waals surface area contributed by atoms with Crippen LogP contribution in [0.4, 0.5) is 0 Å². The average molecular weight is 331 g/mol. The van der Waals surface area contributed by atoms with Crippen molar-refractivity contribution >= 4 is 23.5 Å². The standard InChI is InChI=1S/C14H26N4OS2/c1-5-11-14(21-7-6-20-11)12(17-15)13-10(19-4)8-16-18(13)9(2)3/h8-9,11-12,14,17H,5-7,15H2,1-4H3. The van der Waals surface area contributed by atoms with Crippen LogP contribution in [-0.2, 0) is 0 Å². The number of nitrogens with two attached hydrogens (primary N) is 1. The van der Waals surface area contributed by atoms with Crippen LogP contribution in [0, 0.1) is 0 Å². The van der Waals surface area contributed by atoms with Crippen LogP contribution in [0.3, 0.4) is 0 Å². The Labute approximate surface area is 135 Å². The molecule has 1 aromatic heterocycles. The molecular formula is C14H26N4OS2. The summed E-state index contributed by atoms with van der Waals surface area (Å²) in [4.78, 5) is 0. The van der Waals surface area contributed by atoms with Crippen LogP contribution in [0.2, 0.25) is 0 Å². The highest BCUT2D eigenvalue weighted by Gasteiger charge is 2.36. The van der Waals surface area contributed by atoms with Crippen molar-refractivity contribution in [3.05, 3.63) is 11.9 Å². The molecule has 7 heteroatoms. The van der Waals surface area contributed by atoms with Gasteiger partial charge in [0.05, 0.1) is 19.3 Å². The van der Waals surface area contributed by atoms with E-state index >= 15 is 0 Å². The number of nitrogens with zero attached hydrogens (tertiary/aromatic N) is 2. The summed E-state index contributed by atoms with van der Waals surface area (Å²) in [5.41, 5.74) is 4.10. The van der Waals surface area contributed by atoms with Gasteiger partial charge in [-0.15, -0.1) is 0 Å². The number of hydrazine groups is 1. The smallest absolute Gasteiger partial charge is 0.161 e. The first-order valence-electron chi connectivity index (χ1n) is 7.44.